The van der Waals surface area contributed by atoms with Crippen molar-refractivity contribution in [2.75, 3.05) is 0 Å². The molecule has 2 nitrogen and oxygen atoms in total. The van der Waals surface area contributed by atoms with Gasteiger partial charge in [-0.05, 0) is 30.5 Å². The van der Waals surface area contributed by atoms with Crippen LogP contribution in [0.1, 0.15) is 32.1 Å². The summed E-state index contributed by atoms with van der Waals surface area (Å²) in [5.74, 6) is 0. The number of halogens is 1. The van der Waals surface area contributed by atoms with E-state index < -0.39 is 0 Å². The van der Waals surface area contributed by atoms with Gasteiger partial charge in [0.2, 0.25) is 5.28 Å². The summed E-state index contributed by atoms with van der Waals surface area (Å²) in [5.41, 5.74) is 0. The molecule has 0 radical (unpaired) electrons. The first kappa shape index (κ1) is 10.2. The summed E-state index contributed by atoms with van der Waals surface area (Å²) in [6.07, 6.45) is 8.45. The van der Waals surface area contributed by atoms with Crippen LogP contribution in [0.4, 0.5) is 0 Å². The second-order valence-corrected chi connectivity index (χ2v) is 5.20. The molecule has 0 saturated heterocycles. The van der Waals surface area contributed by atoms with Gasteiger partial charge in [-0.3, -0.25) is 0 Å². The van der Waals surface area contributed by atoms with Crippen LogP contribution < -0.4 is 0 Å². The second kappa shape index (κ2) is 4.99. The summed E-state index contributed by atoms with van der Waals surface area (Å²) in [7, 11) is 0. The van der Waals surface area contributed by atoms with Gasteiger partial charge >= 0.3 is 0 Å². The van der Waals surface area contributed by atoms with Crippen LogP contribution in [0.5, 0.6) is 0 Å². The fourth-order valence-electron chi connectivity index (χ4n) is 1.74. The molecule has 1 fully saturated rings. The quantitative estimate of drug-likeness (QED) is 0.572. The van der Waals surface area contributed by atoms with Crippen LogP contribution in [0, 0.1) is 0 Å². The van der Waals surface area contributed by atoms with Gasteiger partial charge in [0.1, 0.15) is 5.03 Å². The fraction of sp³-hybridized carbons (Fsp3) is 0.600. The molecule has 0 N–H and O–H groups in total. The molecule has 76 valence electrons. The van der Waals surface area contributed by atoms with Crippen molar-refractivity contribution in [1.29, 1.82) is 0 Å². The van der Waals surface area contributed by atoms with Crippen molar-refractivity contribution in [1.82, 2.24) is 9.97 Å². The number of rotatable bonds is 2. The molecule has 0 atom stereocenters. The lowest BCUT2D eigenvalue weighted by Crippen LogP contribution is -2.08. The summed E-state index contributed by atoms with van der Waals surface area (Å²) in [6, 6.07) is 1.94. The van der Waals surface area contributed by atoms with Gasteiger partial charge in [-0.1, -0.05) is 19.3 Å². The molecule has 14 heavy (non-hydrogen) atoms. The van der Waals surface area contributed by atoms with Crippen molar-refractivity contribution < 1.29 is 0 Å². The van der Waals surface area contributed by atoms with Crippen LogP contribution in [0.3, 0.4) is 0 Å². The molecule has 1 aromatic heterocycles. The average Bonchev–Trinajstić information content (AvgIpc) is 2.19. The van der Waals surface area contributed by atoms with E-state index in [9.17, 15) is 0 Å². The molecular weight excluding hydrogens is 216 g/mol. The Balaban J connectivity index is 1.95. The van der Waals surface area contributed by atoms with Crippen molar-refractivity contribution in [3.8, 4) is 0 Å². The average molecular weight is 229 g/mol. The lowest BCUT2D eigenvalue weighted by atomic mass is 10.0. The number of aromatic nitrogens is 2. The molecule has 0 bridgehead atoms. The maximum Gasteiger partial charge on any atom is 0.223 e. The Kier molecular flexibility index (Phi) is 3.65. The molecule has 4 heteroatoms. The van der Waals surface area contributed by atoms with Crippen molar-refractivity contribution in [2.45, 2.75) is 42.4 Å². The number of thioether (sulfide) groups is 1. The lowest BCUT2D eigenvalue weighted by molar-refractivity contribution is 0.515. The summed E-state index contributed by atoms with van der Waals surface area (Å²) in [4.78, 5) is 8.06. The molecule has 0 amide bonds. The zero-order valence-electron chi connectivity index (χ0n) is 7.95. The third kappa shape index (κ3) is 2.85. The van der Waals surface area contributed by atoms with Crippen LogP contribution in [-0.4, -0.2) is 15.2 Å². The maximum absolute atomic E-state index is 5.73. The highest BCUT2D eigenvalue weighted by Crippen LogP contribution is 2.32. The van der Waals surface area contributed by atoms with E-state index in [1.54, 1.807) is 6.20 Å². The third-order valence-electron chi connectivity index (χ3n) is 2.44. The predicted molar refractivity (Wildman–Crippen MR) is 59.8 cm³/mol. The first-order valence-electron chi connectivity index (χ1n) is 5.00. The van der Waals surface area contributed by atoms with E-state index in [-0.39, 0.29) is 0 Å². The number of hydrogen-bond acceptors (Lipinski definition) is 3. The van der Waals surface area contributed by atoms with Crippen LogP contribution in [-0.2, 0) is 0 Å². The van der Waals surface area contributed by atoms with Crippen LogP contribution >= 0.6 is 23.4 Å². The smallest absolute Gasteiger partial charge is 0.223 e. The number of nitrogens with zero attached hydrogens (tertiary/aromatic N) is 2. The monoisotopic (exact) mass is 228 g/mol. The molecular formula is C10H13ClN2S. The fourth-order valence-corrected chi connectivity index (χ4v) is 3.13. The van der Waals surface area contributed by atoms with Gasteiger partial charge < -0.3 is 0 Å². The molecule has 1 aromatic rings. The van der Waals surface area contributed by atoms with Gasteiger partial charge in [0.05, 0.1) is 0 Å². The minimum absolute atomic E-state index is 0.353. The molecule has 0 aromatic carbocycles. The van der Waals surface area contributed by atoms with Gasteiger partial charge in [-0.2, -0.15) is 0 Å². The minimum Gasteiger partial charge on any atom is -0.226 e. The maximum atomic E-state index is 5.73. The third-order valence-corrected chi connectivity index (χ3v) is 3.90. The van der Waals surface area contributed by atoms with Crippen LogP contribution in [0.15, 0.2) is 17.3 Å². The Morgan fingerprint density at radius 1 is 1.29 bits per heavy atom. The molecule has 2 rings (SSSR count). The van der Waals surface area contributed by atoms with Crippen molar-refractivity contribution in [3.05, 3.63) is 17.5 Å². The SMILES string of the molecule is Clc1nccc(SC2CCCCC2)n1. The van der Waals surface area contributed by atoms with E-state index in [0.717, 1.165) is 10.3 Å². The van der Waals surface area contributed by atoms with E-state index in [2.05, 4.69) is 9.97 Å². The Morgan fingerprint density at radius 3 is 2.79 bits per heavy atom. The van der Waals surface area contributed by atoms with Crippen molar-refractivity contribution in [3.63, 3.8) is 0 Å². The first-order chi connectivity index (χ1) is 6.84. The second-order valence-electron chi connectivity index (χ2n) is 3.54. The highest BCUT2D eigenvalue weighted by molar-refractivity contribution is 7.99. The Hall–Kier alpha value is -0.280. The molecule has 0 spiro atoms. The van der Waals surface area contributed by atoms with Gasteiger partial charge in [0.25, 0.3) is 0 Å². The van der Waals surface area contributed by atoms with Crippen molar-refractivity contribution in [2.24, 2.45) is 0 Å². The standard InChI is InChI=1S/C10H13ClN2S/c11-10-12-7-6-9(13-10)14-8-4-2-1-3-5-8/h6-8H,1-5H2. The topological polar surface area (TPSA) is 25.8 Å². The van der Waals surface area contributed by atoms with E-state index in [0.29, 0.717) is 5.28 Å². The van der Waals surface area contributed by atoms with Crippen molar-refractivity contribution >= 4 is 23.4 Å². The zero-order valence-corrected chi connectivity index (χ0v) is 9.52. The van der Waals surface area contributed by atoms with E-state index in [1.807, 2.05) is 17.8 Å². The summed E-state index contributed by atoms with van der Waals surface area (Å²) < 4.78 is 0. The van der Waals surface area contributed by atoms with Gasteiger partial charge in [-0.25, -0.2) is 9.97 Å². The predicted octanol–water partition coefficient (Wildman–Crippen LogP) is 3.55. The molecule has 1 aliphatic carbocycles. The molecule has 0 unspecified atom stereocenters. The summed E-state index contributed by atoms with van der Waals surface area (Å²) in [6.45, 7) is 0. The molecule has 0 aliphatic heterocycles. The zero-order chi connectivity index (χ0) is 9.80. The van der Waals surface area contributed by atoms with Crippen LogP contribution in [0.2, 0.25) is 5.28 Å². The van der Waals surface area contributed by atoms with Gasteiger partial charge in [-0.15, -0.1) is 11.8 Å². The molecule has 1 saturated carbocycles. The largest absolute Gasteiger partial charge is 0.226 e. The van der Waals surface area contributed by atoms with E-state index in [1.165, 1.54) is 32.1 Å². The van der Waals surface area contributed by atoms with E-state index >= 15 is 0 Å². The van der Waals surface area contributed by atoms with E-state index in [4.69, 9.17) is 11.6 Å². The highest BCUT2D eigenvalue weighted by atomic mass is 35.5. The highest BCUT2D eigenvalue weighted by Gasteiger charge is 2.15. The summed E-state index contributed by atoms with van der Waals surface area (Å²) >= 11 is 7.57. The minimum atomic E-state index is 0.353. The molecule has 1 aliphatic rings. The number of hydrogen-bond donors (Lipinski definition) is 0. The Labute approximate surface area is 93.5 Å². The van der Waals surface area contributed by atoms with Crippen LogP contribution in [0.25, 0.3) is 0 Å². The van der Waals surface area contributed by atoms with Gasteiger partial charge in [0.15, 0.2) is 0 Å². The van der Waals surface area contributed by atoms with Gasteiger partial charge in [0, 0.05) is 11.4 Å². The Morgan fingerprint density at radius 2 is 2.07 bits per heavy atom. The first-order valence-corrected chi connectivity index (χ1v) is 6.25. The molecule has 1 heterocycles. The normalized spacial score (nSPS) is 18.4. The summed E-state index contributed by atoms with van der Waals surface area (Å²) in [5, 5.41) is 2.09. The Bertz CT molecular complexity index is 300. The lowest BCUT2D eigenvalue weighted by Gasteiger charge is -2.20.